The van der Waals surface area contributed by atoms with E-state index in [1.807, 2.05) is 0 Å². The molecule has 0 saturated heterocycles. The smallest absolute Gasteiger partial charge is 0.124 e. The fraction of sp³-hybridized carbons (Fsp3) is 0.357. The molecule has 0 amide bonds. The molecule has 0 aromatic heterocycles. The van der Waals surface area contributed by atoms with Crippen LogP contribution in [-0.2, 0) is 4.79 Å². The van der Waals surface area contributed by atoms with Crippen LogP contribution in [0.15, 0.2) is 48.1 Å². The van der Waals surface area contributed by atoms with Gasteiger partial charge in [0.15, 0.2) is 0 Å². The van der Waals surface area contributed by atoms with Crippen molar-refractivity contribution in [2.24, 2.45) is 17.3 Å². The first-order valence-corrected chi connectivity index (χ1v) is 5.54. The predicted octanol–water partition coefficient (Wildman–Crippen LogP) is 2.82. The van der Waals surface area contributed by atoms with Gasteiger partial charge in [0.1, 0.15) is 6.29 Å². The maximum Gasteiger partial charge on any atom is 0.124 e. The van der Waals surface area contributed by atoms with Crippen molar-refractivity contribution in [1.29, 1.82) is 0 Å². The Bertz CT molecular complexity index is 411. The topological polar surface area (TPSA) is 17.1 Å². The van der Waals surface area contributed by atoms with E-state index in [4.69, 9.17) is 0 Å². The van der Waals surface area contributed by atoms with Crippen LogP contribution in [0.2, 0.25) is 0 Å². The minimum absolute atomic E-state index is 0.113. The van der Waals surface area contributed by atoms with Gasteiger partial charge < -0.3 is 4.79 Å². The van der Waals surface area contributed by atoms with Gasteiger partial charge in [-0.1, -0.05) is 48.1 Å². The van der Waals surface area contributed by atoms with E-state index in [2.05, 4.69) is 42.5 Å². The zero-order valence-electron chi connectivity index (χ0n) is 8.60. The number of carbonyl (C=O) groups is 1. The molecular formula is C14H14O. The van der Waals surface area contributed by atoms with E-state index < -0.39 is 0 Å². The van der Waals surface area contributed by atoms with Crippen LogP contribution in [0.3, 0.4) is 0 Å². The zero-order valence-corrected chi connectivity index (χ0v) is 8.60. The third kappa shape index (κ3) is 1.19. The quantitative estimate of drug-likeness (QED) is 0.637. The molecule has 0 spiro atoms. The summed E-state index contributed by atoms with van der Waals surface area (Å²) in [5.74, 6) is 0.532. The highest BCUT2D eigenvalue weighted by Gasteiger charge is 2.55. The molecular weight excluding hydrogens is 184 g/mol. The monoisotopic (exact) mass is 198 g/mol. The molecule has 3 rings (SSSR count). The largest absolute Gasteiger partial charge is 0.303 e. The van der Waals surface area contributed by atoms with Crippen LogP contribution in [0.1, 0.15) is 12.8 Å². The summed E-state index contributed by atoms with van der Waals surface area (Å²) in [5.41, 5.74) is 1.56. The van der Waals surface area contributed by atoms with Crippen LogP contribution in [0.5, 0.6) is 0 Å². The van der Waals surface area contributed by atoms with Gasteiger partial charge >= 0.3 is 0 Å². The molecule has 1 nitrogen and oxygen atoms in total. The highest BCUT2D eigenvalue weighted by Crippen LogP contribution is 2.62. The highest BCUT2D eigenvalue weighted by molar-refractivity contribution is 5.65. The number of hydrogen-bond acceptors (Lipinski definition) is 1. The number of allylic oxidation sites excluding steroid dienone is 8. The van der Waals surface area contributed by atoms with E-state index in [9.17, 15) is 4.79 Å². The van der Waals surface area contributed by atoms with Gasteiger partial charge in [-0.25, -0.2) is 0 Å². The summed E-state index contributed by atoms with van der Waals surface area (Å²) in [6.45, 7) is 0. The SMILES string of the molecule is O=CC(C1C=CC=CC1)C12C=CC=C1C2. The van der Waals surface area contributed by atoms with Gasteiger partial charge in [0.25, 0.3) is 0 Å². The molecule has 0 aromatic carbocycles. The number of aldehydes is 1. The molecule has 0 radical (unpaired) electrons. The lowest BCUT2D eigenvalue weighted by atomic mass is 9.77. The summed E-state index contributed by atoms with van der Waals surface area (Å²) < 4.78 is 0. The van der Waals surface area contributed by atoms with Crippen LogP contribution >= 0.6 is 0 Å². The first kappa shape index (κ1) is 8.90. The summed E-state index contributed by atoms with van der Waals surface area (Å²) in [7, 11) is 0. The maximum absolute atomic E-state index is 11.3. The molecule has 1 saturated carbocycles. The average molecular weight is 198 g/mol. The van der Waals surface area contributed by atoms with Crippen LogP contribution in [0.25, 0.3) is 0 Å². The summed E-state index contributed by atoms with van der Waals surface area (Å²) in [6.07, 6.45) is 18.2. The van der Waals surface area contributed by atoms with Crippen molar-refractivity contribution in [2.75, 3.05) is 0 Å². The van der Waals surface area contributed by atoms with Crippen molar-refractivity contribution in [3.63, 3.8) is 0 Å². The Morgan fingerprint density at radius 1 is 1.40 bits per heavy atom. The number of fused-ring (bicyclic) bond motifs is 1. The minimum Gasteiger partial charge on any atom is -0.303 e. The van der Waals surface area contributed by atoms with Crippen LogP contribution in [0, 0.1) is 17.3 Å². The van der Waals surface area contributed by atoms with Crippen molar-refractivity contribution in [1.82, 2.24) is 0 Å². The van der Waals surface area contributed by atoms with Gasteiger partial charge in [-0.05, 0) is 18.8 Å². The number of carbonyl (C=O) groups excluding carboxylic acids is 1. The number of rotatable bonds is 3. The zero-order chi connectivity index (χ0) is 10.3. The van der Waals surface area contributed by atoms with Gasteiger partial charge in [-0.2, -0.15) is 0 Å². The van der Waals surface area contributed by atoms with Crippen LogP contribution in [-0.4, -0.2) is 6.29 Å². The summed E-state index contributed by atoms with van der Waals surface area (Å²) >= 11 is 0. The summed E-state index contributed by atoms with van der Waals surface area (Å²) in [5, 5.41) is 0. The third-order valence-corrected chi connectivity index (χ3v) is 3.86. The summed E-state index contributed by atoms with van der Waals surface area (Å²) in [4.78, 5) is 11.3. The molecule has 1 heteroatoms. The van der Waals surface area contributed by atoms with E-state index in [1.165, 1.54) is 5.57 Å². The second kappa shape index (κ2) is 3.06. The summed E-state index contributed by atoms with van der Waals surface area (Å²) in [6, 6.07) is 0. The average Bonchev–Trinajstić information content (AvgIpc) is 2.83. The van der Waals surface area contributed by atoms with Gasteiger partial charge in [-0.15, -0.1) is 0 Å². The second-order valence-electron chi connectivity index (χ2n) is 4.64. The Kier molecular flexibility index (Phi) is 1.82. The standard InChI is InChI=1S/C14H14O/c15-10-13(11-5-2-1-3-6-11)14-8-4-7-12(14)9-14/h1-5,7-8,10-11,13H,6,9H2. The van der Waals surface area contributed by atoms with Crippen molar-refractivity contribution in [2.45, 2.75) is 12.8 Å². The molecule has 76 valence electrons. The molecule has 0 bridgehead atoms. The number of hydrogen-bond donors (Lipinski definition) is 0. The Hall–Kier alpha value is -1.37. The van der Waals surface area contributed by atoms with Gasteiger partial charge in [0.05, 0.1) is 0 Å². The molecule has 3 aliphatic rings. The lowest BCUT2D eigenvalue weighted by molar-refractivity contribution is -0.113. The molecule has 3 atom stereocenters. The predicted molar refractivity (Wildman–Crippen MR) is 60.2 cm³/mol. The Labute approximate surface area is 89.9 Å². The van der Waals surface area contributed by atoms with E-state index in [0.29, 0.717) is 5.92 Å². The van der Waals surface area contributed by atoms with Crippen LogP contribution in [0.4, 0.5) is 0 Å². The Balaban J connectivity index is 1.86. The van der Waals surface area contributed by atoms with Gasteiger partial charge in [0, 0.05) is 11.3 Å². The molecule has 0 N–H and O–H groups in total. The molecule has 1 fully saturated rings. The molecule has 0 heterocycles. The lowest BCUT2D eigenvalue weighted by Crippen LogP contribution is -2.24. The molecule has 3 aliphatic carbocycles. The van der Waals surface area contributed by atoms with Crippen molar-refractivity contribution in [3.05, 3.63) is 48.1 Å². The van der Waals surface area contributed by atoms with E-state index in [1.54, 1.807) is 0 Å². The minimum atomic E-state index is 0.113. The molecule has 0 aliphatic heterocycles. The maximum atomic E-state index is 11.3. The molecule has 15 heavy (non-hydrogen) atoms. The highest BCUT2D eigenvalue weighted by atomic mass is 16.1. The van der Waals surface area contributed by atoms with Crippen molar-refractivity contribution in [3.8, 4) is 0 Å². The van der Waals surface area contributed by atoms with Gasteiger partial charge in [-0.3, -0.25) is 0 Å². The van der Waals surface area contributed by atoms with Crippen molar-refractivity contribution < 1.29 is 4.79 Å². The van der Waals surface area contributed by atoms with E-state index in [0.717, 1.165) is 19.1 Å². The molecule has 3 unspecified atom stereocenters. The Morgan fingerprint density at radius 2 is 2.33 bits per heavy atom. The third-order valence-electron chi connectivity index (χ3n) is 3.86. The normalized spacial score (nSPS) is 37.3. The lowest BCUT2D eigenvalue weighted by Gasteiger charge is -2.25. The first-order valence-electron chi connectivity index (χ1n) is 5.54. The first-order chi connectivity index (χ1) is 7.37. The van der Waals surface area contributed by atoms with E-state index >= 15 is 0 Å². The van der Waals surface area contributed by atoms with Crippen molar-refractivity contribution >= 4 is 6.29 Å². The molecule has 0 aromatic rings. The second-order valence-corrected chi connectivity index (χ2v) is 4.64. The fourth-order valence-electron chi connectivity index (χ4n) is 2.90. The Morgan fingerprint density at radius 3 is 2.87 bits per heavy atom. The van der Waals surface area contributed by atoms with Crippen LogP contribution < -0.4 is 0 Å². The van der Waals surface area contributed by atoms with Gasteiger partial charge in [0.2, 0.25) is 0 Å². The van der Waals surface area contributed by atoms with E-state index in [-0.39, 0.29) is 11.3 Å². The fourth-order valence-corrected chi connectivity index (χ4v) is 2.90.